The topological polar surface area (TPSA) is 27.6 Å². The van der Waals surface area contributed by atoms with Crippen LogP contribution in [0.1, 0.15) is 20.3 Å². The van der Waals surface area contributed by atoms with Crippen LogP contribution in [0.3, 0.4) is 0 Å². The van der Waals surface area contributed by atoms with Crippen LogP contribution in [0, 0.1) is 5.41 Å². The van der Waals surface area contributed by atoms with E-state index in [1.165, 1.54) is 0 Å². The summed E-state index contributed by atoms with van der Waals surface area (Å²) >= 11 is 0. The van der Waals surface area contributed by atoms with Gasteiger partial charge in [0.25, 0.3) is 0 Å². The third-order valence-corrected chi connectivity index (χ3v) is 2.55. The fourth-order valence-electron chi connectivity index (χ4n) is 1.86. The van der Waals surface area contributed by atoms with Gasteiger partial charge >= 0.3 is 0 Å². The van der Waals surface area contributed by atoms with E-state index in [1.807, 2.05) is 25.3 Å². The van der Waals surface area contributed by atoms with Gasteiger partial charge in [-0.2, -0.15) is 5.10 Å². The van der Waals surface area contributed by atoms with Crippen LogP contribution in [0.2, 0.25) is 0 Å². The van der Waals surface area contributed by atoms with Crippen molar-refractivity contribution in [1.82, 2.24) is 10.3 Å². The number of hydrogen-bond donors (Lipinski definition) is 1. The molecule has 0 radical (unpaired) electrons. The van der Waals surface area contributed by atoms with Crippen LogP contribution in [0.5, 0.6) is 0 Å². The van der Waals surface area contributed by atoms with E-state index in [0.29, 0.717) is 11.5 Å². The van der Waals surface area contributed by atoms with Gasteiger partial charge in [0.1, 0.15) is 0 Å². The molecule has 0 amide bonds. The second-order valence-electron chi connectivity index (χ2n) is 4.18. The Balaban J connectivity index is 2.71. The lowest BCUT2D eigenvalue weighted by molar-refractivity contribution is 0.179. The summed E-state index contributed by atoms with van der Waals surface area (Å²) in [4.78, 5) is 0. The minimum Gasteiger partial charge on any atom is -0.316 e. The van der Waals surface area contributed by atoms with Crippen molar-refractivity contribution in [2.24, 2.45) is 10.5 Å². The Morgan fingerprint density at radius 3 is 2.83 bits per heavy atom. The standard InChI is InChI=1S/C9H19N3/c1-9(2)7-12(4)11-6-5-8(9)10-3/h6,8,10H,5,7H2,1-4H3. The third kappa shape index (κ3) is 1.97. The summed E-state index contributed by atoms with van der Waals surface area (Å²) < 4.78 is 0. The molecule has 1 rings (SSSR count). The average molecular weight is 169 g/mol. The SMILES string of the molecule is CNC1CC=NN(C)CC1(C)C. The van der Waals surface area contributed by atoms with Crippen molar-refractivity contribution in [1.29, 1.82) is 0 Å². The van der Waals surface area contributed by atoms with E-state index < -0.39 is 0 Å². The lowest BCUT2D eigenvalue weighted by atomic mass is 9.83. The first-order valence-corrected chi connectivity index (χ1v) is 4.47. The van der Waals surface area contributed by atoms with Crippen LogP contribution in [-0.4, -0.2) is 37.9 Å². The Morgan fingerprint density at radius 1 is 1.58 bits per heavy atom. The lowest BCUT2D eigenvalue weighted by Gasteiger charge is -2.33. The maximum absolute atomic E-state index is 4.29. The third-order valence-electron chi connectivity index (χ3n) is 2.55. The molecule has 0 aliphatic carbocycles. The summed E-state index contributed by atoms with van der Waals surface area (Å²) in [5.41, 5.74) is 0.292. The number of hydrazone groups is 1. The first-order valence-electron chi connectivity index (χ1n) is 4.47. The fraction of sp³-hybridized carbons (Fsp3) is 0.889. The molecule has 0 fully saturated rings. The summed E-state index contributed by atoms with van der Waals surface area (Å²) in [5.74, 6) is 0. The van der Waals surface area contributed by atoms with Gasteiger partial charge in [-0.1, -0.05) is 13.8 Å². The van der Waals surface area contributed by atoms with Crippen molar-refractivity contribution < 1.29 is 0 Å². The first kappa shape index (κ1) is 9.52. The van der Waals surface area contributed by atoms with E-state index in [1.54, 1.807) is 0 Å². The highest BCUT2D eigenvalue weighted by Gasteiger charge is 2.30. The quantitative estimate of drug-likeness (QED) is 0.632. The Bertz CT molecular complexity index is 175. The molecule has 0 bridgehead atoms. The van der Waals surface area contributed by atoms with Gasteiger partial charge < -0.3 is 5.32 Å². The highest BCUT2D eigenvalue weighted by atomic mass is 15.4. The molecule has 1 atom stereocenters. The van der Waals surface area contributed by atoms with Gasteiger partial charge in [-0.05, 0) is 12.5 Å². The molecule has 3 heteroatoms. The lowest BCUT2D eigenvalue weighted by Crippen LogP contribution is -2.44. The van der Waals surface area contributed by atoms with Gasteiger partial charge in [-0.25, -0.2) is 0 Å². The summed E-state index contributed by atoms with van der Waals surface area (Å²) in [6, 6.07) is 0.534. The van der Waals surface area contributed by atoms with Gasteiger partial charge in [0, 0.05) is 32.3 Å². The molecule has 1 N–H and O–H groups in total. The predicted molar refractivity (Wildman–Crippen MR) is 52.4 cm³/mol. The minimum absolute atomic E-state index is 0.292. The molecule has 70 valence electrons. The molecule has 0 saturated carbocycles. The number of nitrogens with one attached hydrogen (secondary N) is 1. The maximum atomic E-state index is 4.29. The Morgan fingerprint density at radius 2 is 2.25 bits per heavy atom. The Labute approximate surface area is 74.8 Å². The van der Waals surface area contributed by atoms with Crippen LogP contribution in [0.15, 0.2) is 5.10 Å². The number of nitrogens with zero attached hydrogens (tertiary/aromatic N) is 2. The van der Waals surface area contributed by atoms with Gasteiger partial charge in [0.15, 0.2) is 0 Å². The fourth-order valence-corrected chi connectivity index (χ4v) is 1.86. The van der Waals surface area contributed by atoms with Crippen molar-refractivity contribution in [3.8, 4) is 0 Å². The molecule has 0 saturated heterocycles. The molecule has 12 heavy (non-hydrogen) atoms. The van der Waals surface area contributed by atoms with E-state index in [9.17, 15) is 0 Å². The average Bonchev–Trinajstić information content (AvgIpc) is 2.07. The zero-order chi connectivity index (χ0) is 9.19. The molecule has 1 aliphatic rings. The van der Waals surface area contributed by atoms with Crippen molar-refractivity contribution in [2.75, 3.05) is 20.6 Å². The molecule has 1 unspecified atom stereocenters. The number of rotatable bonds is 1. The molecule has 0 aromatic carbocycles. The zero-order valence-electron chi connectivity index (χ0n) is 8.46. The second kappa shape index (κ2) is 3.44. The summed E-state index contributed by atoms with van der Waals surface area (Å²) in [7, 11) is 4.04. The molecule has 1 aliphatic heterocycles. The van der Waals surface area contributed by atoms with Crippen molar-refractivity contribution in [3.63, 3.8) is 0 Å². The van der Waals surface area contributed by atoms with E-state index in [-0.39, 0.29) is 0 Å². The van der Waals surface area contributed by atoms with E-state index in [2.05, 4.69) is 24.3 Å². The molecule has 3 nitrogen and oxygen atoms in total. The van der Waals surface area contributed by atoms with Gasteiger partial charge in [-0.3, -0.25) is 5.01 Å². The van der Waals surface area contributed by atoms with Crippen molar-refractivity contribution >= 4 is 6.21 Å². The predicted octanol–water partition coefficient (Wildman–Crippen LogP) is 0.922. The molecular weight excluding hydrogens is 150 g/mol. The molecule has 0 spiro atoms. The number of hydrogen-bond acceptors (Lipinski definition) is 3. The Hall–Kier alpha value is -0.570. The largest absolute Gasteiger partial charge is 0.316 e. The Kier molecular flexibility index (Phi) is 2.73. The van der Waals surface area contributed by atoms with Crippen LogP contribution < -0.4 is 5.32 Å². The molecular formula is C9H19N3. The van der Waals surface area contributed by atoms with Crippen LogP contribution in [0.4, 0.5) is 0 Å². The maximum Gasteiger partial charge on any atom is 0.0423 e. The van der Waals surface area contributed by atoms with E-state index >= 15 is 0 Å². The van der Waals surface area contributed by atoms with E-state index in [4.69, 9.17) is 0 Å². The summed E-state index contributed by atoms with van der Waals surface area (Å²) in [5, 5.41) is 9.63. The minimum atomic E-state index is 0.292. The zero-order valence-corrected chi connectivity index (χ0v) is 8.46. The first-order chi connectivity index (χ1) is 5.56. The van der Waals surface area contributed by atoms with Crippen LogP contribution in [-0.2, 0) is 0 Å². The molecule has 0 aromatic rings. The van der Waals surface area contributed by atoms with Crippen molar-refractivity contribution in [2.45, 2.75) is 26.3 Å². The second-order valence-corrected chi connectivity index (χ2v) is 4.18. The van der Waals surface area contributed by atoms with Gasteiger partial charge in [0.2, 0.25) is 0 Å². The van der Waals surface area contributed by atoms with Crippen molar-refractivity contribution in [3.05, 3.63) is 0 Å². The normalized spacial score (nSPS) is 28.7. The van der Waals surface area contributed by atoms with E-state index in [0.717, 1.165) is 13.0 Å². The van der Waals surface area contributed by atoms with Gasteiger partial charge in [-0.15, -0.1) is 0 Å². The summed E-state index contributed by atoms with van der Waals surface area (Å²) in [6.45, 7) is 5.56. The van der Waals surface area contributed by atoms with Gasteiger partial charge in [0.05, 0.1) is 0 Å². The summed E-state index contributed by atoms with van der Waals surface area (Å²) in [6.07, 6.45) is 3.02. The van der Waals surface area contributed by atoms with Crippen LogP contribution in [0.25, 0.3) is 0 Å². The molecule has 1 heterocycles. The smallest absolute Gasteiger partial charge is 0.0423 e. The highest BCUT2D eigenvalue weighted by Crippen LogP contribution is 2.25. The monoisotopic (exact) mass is 169 g/mol. The molecule has 0 aromatic heterocycles. The highest BCUT2D eigenvalue weighted by molar-refractivity contribution is 5.58. The van der Waals surface area contributed by atoms with Crippen LogP contribution >= 0.6 is 0 Å².